The lowest BCUT2D eigenvalue weighted by molar-refractivity contribution is -0.384. The number of nitro benzene ring substituents is 1. The molecule has 3 aromatic rings. The van der Waals surface area contributed by atoms with Gasteiger partial charge in [0.05, 0.1) is 15.9 Å². The highest BCUT2D eigenvalue weighted by molar-refractivity contribution is 5.97. The average Bonchev–Trinajstić information content (AvgIpc) is 2.80. The fourth-order valence-electron chi connectivity index (χ4n) is 3.80. The maximum Gasteiger partial charge on any atom is 0.332 e. The normalized spacial score (nSPS) is 14.1. The quantitative estimate of drug-likeness (QED) is 0.443. The van der Waals surface area contributed by atoms with Gasteiger partial charge < -0.3 is 9.80 Å². The first-order valence-electron chi connectivity index (χ1n) is 9.63. The van der Waals surface area contributed by atoms with Crippen LogP contribution in [0.5, 0.6) is 0 Å². The number of nitrogens with zero attached hydrogens (tertiary/aromatic N) is 6. The molecule has 31 heavy (non-hydrogen) atoms. The molecule has 1 amide bonds. The maximum atomic E-state index is 13.0. The third kappa shape index (κ3) is 3.43. The molecule has 4 rings (SSSR count). The molecule has 0 unspecified atom stereocenters. The molecule has 3 heterocycles. The van der Waals surface area contributed by atoms with E-state index in [1.807, 2.05) is 4.90 Å². The molecule has 0 saturated carbocycles. The van der Waals surface area contributed by atoms with Gasteiger partial charge in [0.25, 0.3) is 17.2 Å². The standard InChI is InChI=1S/C20H20N6O5/c1-22-17-14(19(28)23(2)20(22)29)11-13(12-21-17)18(27)25-9-7-24(8-10-25)15-5-3-4-6-16(15)26(30)31/h3-6,11-12H,7-10H2,1-2H3. The predicted octanol–water partition coefficient (Wildman–Crippen LogP) is 0.503. The minimum absolute atomic E-state index is 0.0301. The van der Waals surface area contributed by atoms with Crippen molar-refractivity contribution in [3.05, 3.63) is 73.0 Å². The Bertz CT molecular complexity index is 1320. The number of pyridine rings is 1. The molecule has 0 bridgehead atoms. The van der Waals surface area contributed by atoms with Crippen LogP contribution >= 0.6 is 0 Å². The number of carbonyl (C=O) groups excluding carboxylic acids is 1. The van der Waals surface area contributed by atoms with Crippen LogP contribution < -0.4 is 16.1 Å². The second kappa shape index (κ2) is 7.67. The van der Waals surface area contributed by atoms with Gasteiger partial charge >= 0.3 is 5.69 Å². The zero-order chi connectivity index (χ0) is 22.3. The van der Waals surface area contributed by atoms with Gasteiger partial charge in [-0.05, 0) is 12.1 Å². The lowest BCUT2D eigenvalue weighted by atomic mass is 10.1. The predicted molar refractivity (Wildman–Crippen MR) is 113 cm³/mol. The molecule has 1 aliphatic rings. The van der Waals surface area contributed by atoms with Crippen molar-refractivity contribution in [2.45, 2.75) is 0 Å². The number of amides is 1. The summed E-state index contributed by atoms with van der Waals surface area (Å²) in [6, 6.07) is 7.98. The zero-order valence-corrected chi connectivity index (χ0v) is 17.0. The molecule has 0 atom stereocenters. The van der Waals surface area contributed by atoms with E-state index >= 15 is 0 Å². The summed E-state index contributed by atoms with van der Waals surface area (Å²) in [5.74, 6) is -0.285. The number of benzene rings is 1. The van der Waals surface area contributed by atoms with Crippen molar-refractivity contribution in [1.29, 1.82) is 0 Å². The number of fused-ring (bicyclic) bond motifs is 1. The topological polar surface area (TPSA) is 124 Å². The first kappa shape index (κ1) is 20.3. The highest BCUT2D eigenvalue weighted by Crippen LogP contribution is 2.28. The second-order valence-corrected chi connectivity index (χ2v) is 7.33. The Morgan fingerprint density at radius 1 is 1.06 bits per heavy atom. The largest absolute Gasteiger partial charge is 0.362 e. The van der Waals surface area contributed by atoms with Gasteiger partial charge in [-0.15, -0.1) is 0 Å². The number of aromatic nitrogens is 3. The van der Waals surface area contributed by atoms with E-state index in [4.69, 9.17) is 0 Å². The van der Waals surface area contributed by atoms with Crippen LogP contribution in [-0.4, -0.2) is 56.0 Å². The maximum absolute atomic E-state index is 13.0. The number of anilines is 1. The monoisotopic (exact) mass is 424 g/mol. The molecule has 11 nitrogen and oxygen atoms in total. The number of carbonyl (C=O) groups is 1. The lowest BCUT2D eigenvalue weighted by Gasteiger charge is -2.35. The van der Waals surface area contributed by atoms with Crippen LogP contribution in [0.25, 0.3) is 11.0 Å². The SMILES string of the molecule is Cn1c(=O)c2cc(C(=O)N3CCN(c4ccccc4[N+](=O)[O-])CC3)cnc2n(C)c1=O. The van der Waals surface area contributed by atoms with Crippen molar-refractivity contribution in [2.75, 3.05) is 31.1 Å². The van der Waals surface area contributed by atoms with E-state index in [0.29, 0.717) is 31.9 Å². The van der Waals surface area contributed by atoms with Crippen LogP contribution in [0.15, 0.2) is 46.1 Å². The molecule has 0 N–H and O–H groups in total. The first-order chi connectivity index (χ1) is 14.8. The Labute approximate surface area is 175 Å². The van der Waals surface area contributed by atoms with Crippen LogP contribution in [0.3, 0.4) is 0 Å². The summed E-state index contributed by atoms with van der Waals surface area (Å²) in [4.78, 5) is 56.0. The molecule has 1 saturated heterocycles. The molecule has 0 aliphatic carbocycles. The van der Waals surface area contributed by atoms with Gasteiger partial charge in [0.15, 0.2) is 0 Å². The van der Waals surface area contributed by atoms with Crippen LogP contribution in [0.2, 0.25) is 0 Å². The molecule has 1 fully saturated rings. The van der Waals surface area contributed by atoms with E-state index in [0.717, 1.165) is 4.57 Å². The number of rotatable bonds is 3. The summed E-state index contributed by atoms with van der Waals surface area (Å²) in [5.41, 5.74) is 0.0174. The van der Waals surface area contributed by atoms with Crippen molar-refractivity contribution in [2.24, 2.45) is 14.1 Å². The molecule has 11 heteroatoms. The van der Waals surface area contributed by atoms with Gasteiger partial charge in [0.1, 0.15) is 11.3 Å². The molecule has 1 aromatic carbocycles. The number of nitro groups is 1. The second-order valence-electron chi connectivity index (χ2n) is 7.33. The Hall–Kier alpha value is -4.02. The molecule has 0 spiro atoms. The fraction of sp³-hybridized carbons (Fsp3) is 0.300. The first-order valence-corrected chi connectivity index (χ1v) is 9.63. The fourth-order valence-corrected chi connectivity index (χ4v) is 3.80. The minimum atomic E-state index is -0.513. The van der Waals surface area contributed by atoms with E-state index in [2.05, 4.69) is 4.98 Å². The summed E-state index contributed by atoms with van der Waals surface area (Å²) in [6.45, 7) is 1.62. The van der Waals surface area contributed by atoms with Gasteiger partial charge in [-0.25, -0.2) is 9.78 Å². The number of para-hydroxylation sites is 2. The van der Waals surface area contributed by atoms with Crippen molar-refractivity contribution >= 4 is 28.3 Å². The smallest absolute Gasteiger partial charge is 0.332 e. The molecule has 160 valence electrons. The molecule has 1 aliphatic heterocycles. The van der Waals surface area contributed by atoms with Gasteiger partial charge in [-0.2, -0.15) is 0 Å². The Morgan fingerprint density at radius 2 is 1.74 bits per heavy atom. The van der Waals surface area contributed by atoms with Crippen molar-refractivity contribution in [1.82, 2.24) is 19.0 Å². The van der Waals surface area contributed by atoms with Crippen LogP contribution in [0, 0.1) is 10.1 Å². The highest BCUT2D eigenvalue weighted by Gasteiger charge is 2.26. The minimum Gasteiger partial charge on any atom is -0.362 e. The summed E-state index contributed by atoms with van der Waals surface area (Å²) in [5, 5.41) is 11.5. The number of hydrogen-bond acceptors (Lipinski definition) is 7. The molecule has 0 radical (unpaired) electrons. The van der Waals surface area contributed by atoms with Crippen molar-refractivity contribution in [3.8, 4) is 0 Å². The van der Waals surface area contributed by atoms with Crippen LogP contribution in [0.4, 0.5) is 11.4 Å². The van der Waals surface area contributed by atoms with Crippen molar-refractivity contribution in [3.63, 3.8) is 0 Å². The van der Waals surface area contributed by atoms with Gasteiger partial charge in [-0.1, -0.05) is 12.1 Å². The third-order valence-corrected chi connectivity index (χ3v) is 5.53. The Morgan fingerprint density at radius 3 is 2.42 bits per heavy atom. The molecule has 2 aromatic heterocycles. The molecular weight excluding hydrogens is 404 g/mol. The van der Waals surface area contributed by atoms with Gasteiger partial charge in [-0.3, -0.25) is 28.8 Å². The number of piperazine rings is 1. The Kier molecular flexibility index (Phi) is 5.01. The van der Waals surface area contributed by atoms with E-state index < -0.39 is 16.2 Å². The van der Waals surface area contributed by atoms with Crippen LogP contribution in [-0.2, 0) is 14.1 Å². The zero-order valence-electron chi connectivity index (χ0n) is 17.0. The highest BCUT2D eigenvalue weighted by atomic mass is 16.6. The Balaban J connectivity index is 1.57. The lowest BCUT2D eigenvalue weighted by Crippen LogP contribution is -2.49. The average molecular weight is 424 g/mol. The van der Waals surface area contributed by atoms with E-state index in [1.165, 1.54) is 37.0 Å². The van der Waals surface area contributed by atoms with Gasteiger partial charge in [0.2, 0.25) is 0 Å². The summed E-state index contributed by atoms with van der Waals surface area (Å²) < 4.78 is 2.24. The number of hydrogen-bond donors (Lipinski definition) is 0. The summed E-state index contributed by atoms with van der Waals surface area (Å²) >= 11 is 0. The van der Waals surface area contributed by atoms with E-state index in [-0.39, 0.29) is 28.2 Å². The van der Waals surface area contributed by atoms with Gasteiger partial charge in [0, 0.05) is 52.5 Å². The van der Waals surface area contributed by atoms with Crippen molar-refractivity contribution < 1.29 is 9.72 Å². The van der Waals surface area contributed by atoms with Crippen LogP contribution in [0.1, 0.15) is 10.4 Å². The molecular formula is C20H20N6O5. The summed E-state index contributed by atoms with van der Waals surface area (Å²) in [7, 11) is 2.89. The number of aryl methyl sites for hydroxylation is 1. The third-order valence-electron chi connectivity index (χ3n) is 5.53. The summed E-state index contributed by atoms with van der Waals surface area (Å²) in [6.07, 6.45) is 1.36. The van der Waals surface area contributed by atoms with E-state index in [9.17, 15) is 24.5 Å². The van der Waals surface area contributed by atoms with E-state index in [1.54, 1.807) is 23.1 Å².